The van der Waals surface area contributed by atoms with Crippen molar-refractivity contribution >= 4 is 29.6 Å². The predicted molar refractivity (Wildman–Crippen MR) is 118 cm³/mol. The lowest BCUT2D eigenvalue weighted by Gasteiger charge is -2.26. The van der Waals surface area contributed by atoms with E-state index in [2.05, 4.69) is 11.9 Å². The van der Waals surface area contributed by atoms with E-state index in [0.717, 1.165) is 10.5 Å². The fourth-order valence-electron chi connectivity index (χ4n) is 3.31. The molecular formula is C24H24N2O5. The van der Waals surface area contributed by atoms with Crippen LogP contribution in [0.4, 0.5) is 10.5 Å². The molecule has 1 saturated heterocycles. The Kier molecular flexibility index (Phi) is 6.25. The van der Waals surface area contributed by atoms with Gasteiger partial charge in [-0.3, -0.25) is 14.9 Å². The molecule has 31 heavy (non-hydrogen) atoms. The summed E-state index contributed by atoms with van der Waals surface area (Å²) in [5.41, 5.74) is 2.22. The number of carbonyl (C=O) groups is 3. The molecule has 1 heterocycles. The number of carbonyl (C=O) groups excluding carboxylic acids is 3. The van der Waals surface area contributed by atoms with Gasteiger partial charge < -0.3 is 9.84 Å². The first-order valence-corrected chi connectivity index (χ1v) is 9.79. The summed E-state index contributed by atoms with van der Waals surface area (Å²) >= 11 is 0. The number of aromatic hydroxyl groups is 1. The van der Waals surface area contributed by atoms with E-state index in [1.165, 1.54) is 19.3 Å². The van der Waals surface area contributed by atoms with Crippen LogP contribution in [0.2, 0.25) is 0 Å². The van der Waals surface area contributed by atoms with E-state index < -0.39 is 17.8 Å². The van der Waals surface area contributed by atoms with E-state index in [4.69, 9.17) is 4.74 Å². The first-order chi connectivity index (χ1) is 14.8. The number of nitrogens with one attached hydrogen (secondary N) is 1. The third-order valence-electron chi connectivity index (χ3n) is 4.99. The minimum atomic E-state index is -0.805. The first-order valence-electron chi connectivity index (χ1n) is 9.79. The molecule has 0 radical (unpaired) electrons. The average Bonchev–Trinajstić information content (AvgIpc) is 2.73. The summed E-state index contributed by atoms with van der Waals surface area (Å²) in [5.74, 6) is -1.06. The number of amides is 4. The van der Waals surface area contributed by atoms with Gasteiger partial charge in [0.2, 0.25) is 0 Å². The number of nitrogens with zero attached hydrogens (tertiary/aromatic N) is 1. The zero-order valence-electron chi connectivity index (χ0n) is 17.6. The number of phenolic OH excluding ortho intramolecular Hbond substituents is 1. The zero-order valence-corrected chi connectivity index (χ0v) is 17.6. The van der Waals surface area contributed by atoms with Gasteiger partial charge in [0, 0.05) is 5.56 Å². The zero-order chi connectivity index (χ0) is 22.7. The van der Waals surface area contributed by atoms with Crippen molar-refractivity contribution in [3.63, 3.8) is 0 Å². The Balaban J connectivity index is 2.03. The monoisotopic (exact) mass is 420 g/mol. The Morgan fingerprint density at radius 2 is 1.84 bits per heavy atom. The molecule has 2 N–H and O–H groups in total. The van der Waals surface area contributed by atoms with Crippen molar-refractivity contribution in [1.82, 2.24) is 5.32 Å². The van der Waals surface area contributed by atoms with Gasteiger partial charge in [-0.25, -0.2) is 9.69 Å². The molecule has 7 heteroatoms. The second kappa shape index (κ2) is 8.87. The lowest BCUT2D eigenvalue weighted by atomic mass is 10.0. The van der Waals surface area contributed by atoms with Crippen molar-refractivity contribution in [3.05, 3.63) is 71.3 Å². The number of rotatable bonds is 6. The minimum absolute atomic E-state index is 0.0361. The van der Waals surface area contributed by atoms with Crippen LogP contribution in [0.5, 0.6) is 11.5 Å². The van der Waals surface area contributed by atoms with Gasteiger partial charge in [0.05, 0.1) is 12.8 Å². The van der Waals surface area contributed by atoms with Crippen molar-refractivity contribution in [1.29, 1.82) is 0 Å². The van der Waals surface area contributed by atoms with E-state index in [9.17, 15) is 19.5 Å². The van der Waals surface area contributed by atoms with Crippen LogP contribution in [0.3, 0.4) is 0 Å². The van der Waals surface area contributed by atoms with Gasteiger partial charge in [-0.15, -0.1) is 6.58 Å². The number of allylic oxidation sites excluding steroid dienone is 1. The maximum atomic E-state index is 13.1. The average molecular weight is 420 g/mol. The highest BCUT2D eigenvalue weighted by Gasteiger charge is 2.36. The maximum Gasteiger partial charge on any atom is 0.335 e. The van der Waals surface area contributed by atoms with Crippen LogP contribution in [-0.2, 0) is 16.0 Å². The third kappa shape index (κ3) is 4.35. The van der Waals surface area contributed by atoms with Crippen LogP contribution in [0.25, 0.3) is 6.08 Å². The topological polar surface area (TPSA) is 95.9 Å². The highest BCUT2D eigenvalue weighted by molar-refractivity contribution is 6.39. The van der Waals surface area contributed by atoms with Crippen molar-refractivity contribution in [2.75, 3.05) is 12.0 Å². The number of benzene rings is 2. The number of hydrogen-bond donors (Lipinski definition) is 2. The van der Waals surface area contributed by atoms with Gasteiger partial charge in [-0.05, 0) is 53.8 Å². The number of methoxy groups -OCH3 is 1. The standard InChI is InChI=1S/C24H24N2O5/c1-5-6-17-11-15(13-20(31-4)21(17)27)12-19-22(28)25-24(30)26(23(19)29)18-9-7-16(8-10-18)14(2)3/h5,7-14,27H,1,6H2,2-4H3,(H,25,28,30). The minimum Gasteiger partial charge on any atom is -0.504 e. The van der Waals surface area contributed by atoms with Gasteiger partial charge >= 0.3 is 6.03 Å². The summed E-state index contributed by atoms with van der Waals surface area (Å²) in [7, 11) is 1.41. The molecule has 0 bridgehead atoms. The summed E-state index contributed by atoms with van der Waals surface area (Å²) in [5, 5.41) is 12.5. The largest absolute Gasteiger partial charge is 0.504 e. The second-order valence-corrected chi connectivity index (χ2v) is 7.43. The maximum absolute atomic E-state index is 13.1. The van der Waals surface area contributed by atoms with Crippen LogP contribution in [0.1, 0.15) is 36.5 Å². The van der Waals surface area contributed by atoms with E-state index >= 15 is 0 Å². The number of urea groups is 1. The van der Waals surface area contributed by atoms with Crippen molar-refractivity contribution in [2.24, 2.45) is 0 Å². The van der Waals surface area contributed by atoms with Crippen LogP contribution >= 0.6 is 0 Å². The Morgan fingerprint density at radius 1 is 1.16 bits per heavy atom. The van der Waals surface area contributed by atoms with Gasteiger partial charge in [-0.1, -0.05) is 32.1 Å². The highest BCUT2D eigenvalue weighted by Crippen LogP contribution is 2.33. The molecule has 4 amide bonds. The summed E-state index contributed by atoms with van der Waals surface area (Å²) in [6, 6.07) is 9.36. The van der Waals surface area contributed by atoms with Crippen LogP contribution in [-0.4, -0.2) is 30.1 Å². The van der Waals surface area contributed by atoms with Crippen molar-refractivity contribution in [2.45, 2.75) is 26.2 Å². The molecule has 0 aromatic heterocycles. The Hall–Kier alpha value is -3.87. The number of hydrogen-bond acceptors (Lipinski definition) is 5. The van der Waals surface area contributed by atoms with Crippen molar-refractivity contribution < 1.29 is 24.2 Å². The molecule has 0 atom stereocenters. The van der Waals surface area contributed by atoms with E-state index in [1.54, 1.807) is 24.3 Å². The van der Waals surface area contributed by atoms with Gasteiger partial charge in [0.15, 0.2) is 11.5 Å². The highest BCUT2D eigenvalue weighted by atomic mass is 16.5. The molecule has 2 aromatic rings. The third-order valence-corrected chi connectivity index (χ3v) is 4.99. The summed E-state index contributed by atoms with van der Waals surface area (Å²) in [4.78, 5) is 38.8. The summed E-state index contributed by atoms with van der Waals surface area (Å²) in [6.45, 7) is 7.74. The van der Waals surface area contributed by atoms with E-state index in [1.807, 2.05) is 26.0 Å². The molecule has 1 fully saturated rings. The molecular weight excluding hydrogens is 396 g/mol. The molecule has 0 unspecified atom stereocenters. The molecule has 160 valence electrons. The predicted octanol–water partition coefficient (Wildman–Crippen LogP) is 3.92. The lowest BCUT2D eigenvalue weighted by molar-refractivity contribution is -0.122. The number of anilines is 1. The summed E-state index contributed by atoms with van der Waals surface area (Å²) in [6.07, 6.45) is 3.35. The lowest BCUT2D eigenvalue weighted by Crippen LogP contribution is -2.54. The van der Waals surface area contributed by atoms with E-state index in [0.29, 0.717) is 29.2 Å². The molecule has 0 saturated carbocycles. The molecule has 7 nitrogen and oxygen atoms in total. The Labute approximate surface area is 180 Å². The molecule has 0 spiro atoms. The Morgan fingerprint density at radius 3 is 2.42 bits per heavy atom. The normalized spacial score (nSPS) is 15.4. The second-order valence-electron chi connectivity index (χ2n) is 7.43. The summed E-state index contributed by atoms with van der Waals surface area (Å²) < 4.78 is 5.19. The molecule has 0 aliphatic carbocycles. The van der Waals surface area contributed by atoms with Gasteiger partial charge in [-0.2, -0.15) is 0 Å². The van der Waals surface area contributed by atoms with Gasteiger partial charge in [0.1, 0.15) is 5.57 Å². The quantitative estimate of drug-likeness (QED) is 0.420. The number of barbiturate groups is 1. The Bertz CT molecular complexity index is 1080. The number of phenols is 1. The SMILES string of the molecule is C=CCc1cc(C=C2C(=O)NC(=O)N(c3ccc(C(C)C)cc3)C2=O)cc(OC)c1O. The van der Waals surface area contributed by atoms with Gasteiger partial charge in [0.25, 0.3) is 11.8 Å². The molecule has 1 aliphatic heterocycles. The fraction of sp³-hybridized carbons (Fsp3) is 0.208. The van der Waals surface area contributed by atoms with Crippen LogP contribution in [0, 0.1) is 0 Å². The van der Waals surface area contributed by atoms with Crippen LogP contribution < -0.4 is 15.0 Å². The van der Waals surface area contributed by atoms with Crippen LogP contribution in [0.15, 0.2) is 54.6 Å². The molecule has 2 aromatic carbocycles. The van der Waals surface area contributed by atoms with Crippen molar-refractivity contribution in [3.8, 4) is 11.5 Å². The smallest absolute Gasteiger partial charge is 0.335 e. The molecule has 3 rings (SSSR count). The number of ether oxygens (including phenoxy) is 1. The molecule has 1 aliphatic rings. The first kappa shape index (κ1) is 21.8. The fourth-order valence-corrected chi connectivity index (χ4v) is 3.31. The van der Waals surface area contributed by atoms with E-state index in [-0.39, 0.29) is 17.1 Å². The number of imide groups is 2.